The first-order valence-corrected chi connectivity index (χ1v) is 8.83. The summed E-state index contributed by atoms with van der Waals surface area (Å²) in [6.07, 6.45) is 0. The van der Waals surface area contributed by atoms with Gasteiger partial charge >= 0.3 is 0 Å². The Morgan fingerprint density at radius 1 is 1.11 bits per heavy atom. The number of nitrogens with two attached hydrogens (primary N) is 1. The van der Waals surface area contributed by atoms with Gasteiger partial charge in [0, 0.05) is 11.1 Å². The zero-order chi connectivity index (χ0) is 20.5. The van der Waals surface area contributed by atoms with Gasteiger partial charge in [-0.1, -0.05) is 6.92 Å². The molecule has 2 rings (SSSR count). The zero-order valence-electron chi connectivity index (χ0n) is 15.2. The highest BCUT2D eigenvalue weighted by molar-refractivity contribution is 7.78. The number of hydrogen-bond acceptors (Lipinski definition) is 6. The second-order valence-electron chi connectivity index (χ2n) is 6.00. The highest BCUT2D eigenvalue weighted by Gasteiger charge is 2.14. The number of ether oxygens (including phenoxy) is 1. The van der Waals surface area contributed by atoms with Crippen LogP contribution in [0.5, 0.6) is 5.75 Å². The molecule has 0 fully saturated rings. The van der Waals surface area contributed by atoms with Crippen LogP contribution in [0.15, 0.2) is 53.5 Å². The molecule has 0 aromatic heterocycles. The Morgan fingerprint density at radius 3 is 2.21 bits per heavy atom. The molecule has 7 nitrogen and oxygen atoms in total. The van der Waals surface area contributed by atoms with Crippen LogP contribution in [-0.2, 0) is 9.59 Å². The number of carbonyl (C=O) groups excluding carboxylic acids is 3. The van der Waals surface area contributed by atoms with Gasteiger partial charge in [-0.05, 0) is 60.7 Å². The van der Waals surface area contributed by atoms with E-state index >= 15 is 0 Å². The van der Waals surface area contributed by atoms with E-state index in [1.54, 1.807) is 55.5 Å². The molecule has 28 heavy (non-hydrogen) atoms. The van der Waals surface area contributed by atoms with Crippen LogP contribution in [0.3, 0.4) is 0 Å². The van der Waals surface area contributed by atoms with E-state index in [9.17, 15) is 14.4 Å². The lowest BCUT2D eigenvalue weighted by molar-refractivity contribution is -0.128. The Morgan fingerprint density at radius 2 is 1.68 bits per heavy atom. The van der Waals surface area contributed by atoms with Crippen LogP contribution in [0.1, 0.15) is 22.8 Å². The molecule has 0 aliphatic rings. The van der Waals surface area contributed by atoms with Crippen LogP contribution >= 0.6 is 12.2 Å². The van der Waals surface area contributed by atoms with Crippen LogP contribution in [0, 0.1) is 5.92 Å². The number of carbonyl (C=O) groups is 3. The van der Waals surface area contributed by atoms with Gasteiger partial charge in [0.1, 0.15) is 5.75 Å². The molecule has 0 heterocycles. The van der Waals surface area contributed by atoms with E-state index in [-0.39, 0.29) is 24.8 Å². The lowest BCUT2D eigenvalue weighted by Gasteiger charge is -2.13. The van der Waals surface area contributed by atoms with Crippen molar-refractivity contribution in [3.8, 4) is 5.75 Å². The second-order valence-corrected chi connectivity index (χ2v) is 6.18. The van der Waals surface area contributed by atoms with Gasteiger partial charge in [0.25, 0.3) is 0 Å². The molecule has 0 saturated heterocycles. The molecule has 144 valence electrons. The van der Waals surface area contributed by atoms with E-state index in [0.29, 0.717) is 22.6 Å². The summed E-state index contributed by atoms with van der Waals surface area (Å²) in [7, 11) is 0. The predicted molar refractivity (Wildman–Crippen MR) is 108 cm³/mol. The zero-order valence-corrected chi connectivity index (χ0v) is 16.0. The molecule has 0 aliphatic carbocycles. The van der Waals surface area contributed by atoms with Gasteiger partial charge in [-0.15, -0.1) is 0 Å². The Kier molecular flexibility index (Phi) is 7.56. The summed E-state index contributed by atoms with van der Waals surface area (Å²) in [6.45, 7) is 1.59. The molecule has 0 aliphatic heterocycles. The first-order valence-electron chi connectivity index (χ1n) is 8.42. The highest BCUT2D eigenvalue weighted by atomic mass is 32.1. The monoisotopic (exact) mass is 397 g/mol. The summed E-state index contributed by atoms with van der Waals surface area (Å²) in [4.78, 5) is 38.8. The van der Waals surface area contributed by atoms with Crippen molar-refractivity contribution in [2.45, 2.75) is 6.92 Å². The maximum atomic E-state index is 12.5. The first-order chi connectivity index (χ1) is 13.4. The lowest BCUT2D eigenvalue weighted by Crippen LogP contribution is -2.38. The van der Waals surface area contributed by atoms with Gasteiger partial charge in [-0.2, -0.15) is 4.99 Å². The third kappa shape index (κ3) is 6.12. The molecule has 8 heteroatoms. The molecule has 1 unspecified atom stereocenters. The third-order valence-electron chi connectivity index (χ3n) is 3.81. The first kappa shape index (κ1) is 21.0. The molecule has 0 bridgehead atoms. The number of primary amides is 1. The van der Waals surface area contributed by atoms with Gasteiger partial charge in [0.05, 0.1) is 29.9 Å². The van der Waals surface area contributed by atoms with Crippen molar-refractivity contribution in [3.05, 3.63) is 59.7 Å². The number of benzene rings is 2. The standard InChI is InChI=1S/C20H19N3O4S/c1-13(20(26)22-10-18(21)24)11-27-17-8-4-15(5-9-17)19(25)14-2-6-16(7-3-14)23-12-28/h2-9,13H,10-11H2,1H3,(H2,21,24)(H,22,26). The van der Waals surface area contributed by atoms with Crippen LogP contribution in [-0.4, -0.2) is 35.9 Å². The third-order valence-corrected chi connectivity index (χ3v) is 3.90. The van der Waals surface area contributed by atoms with Crippen molar-refractivity contribution < 1.29 is 19.1 Å². The van der Waals surface area contributed by atoms with Crippen molar-refractivity contribution >= 4 is 40.7 Å². The van der Waals surface area contributed by atoms with Crippen LogP contribution in [0.4, 0.5) is 5.69 Å². The van der Waals surface area contributed by atoms with E-state index in [4.69, 9.17) is 10.5 Å². The highest BCUT2D eigenvalue weighted by Crippen LogP contribution is 2.18. The fraction of sp³-hybridized carbons (Fsp3) is 0.200. The number of nitrogens with one attached hydrogen (secondary N) is 1. The van der Waals surface area contributed by atoms with Crippen molar-refractivity contribution in [3.63, 3.8) is 0 Å². The fourth-order valence-electron chi connectivity index (χ4n) is 2.25. The Balaban J connectivity index is 1.93. The van der Waals surface area contributed by atoms with Crippen molar-refractivity contribution in [1.82, 2.24) is 5.32 Å². The summed E-state index contributed by atoms with van der Waals surface area (Å²) in [5.74, 6) is -1.01. The van der Waals surface area contributed by atoms with Gasteiger partial charge in [-0.3, -0.25) is 14.4 Å². The minimum Gasteiger partial charge on any atom is -0.493 e. The number of hydrogen-bond donors (Lipinski definition) is 2. The molecule has 3 N–H and O–H groups in total. The largest absolute Gasteiger partial charge is 0.493 e. The summed E-state index contributed by atoms with van der Waals surface area (Å²) in [5, 5.41) is 4.69. The number of rotatable bonds is 9. The molecular weight excluding hydrogens is 378 g/mol. The van der Waals surface area contributed by atoms with E-state index in [1.165, 1.54) is 0 Å². The minimum atomic E-state index is -0.609. The van der Waals surface area contributed by atoms with Gasteiger partial charge < -0.3 is 15.8 Å². The van der Waals surface area contributed by atoms with Crippen LogP contribution in [0.25, 0.3) is 0 Å². The molecular formula is C20H19N3O4S. The van der Waals surface area contributed by atoms with Crippen LogP contribution in [0.2, 0.25) is 0 Å². The number of isothiocyanates is 1. The molecule has 2 aromatic rings. The normalized spacial score (nSPS) is 11.0. The van der Waals surface area contributed by atoms with Gasteiger partial charge in [0.2, 0.25) is 11.8 Å². The molecule has 2 aromatic carbocycles. The number of ketones is 1. The number of amides is 2. The number of nitrogens with zero attached hydrogens (tertiary/aromatic N) is 1. The quantitative estimate of drug-likeness (QED) is 0.383. The Labute approximate surface area is 167 Å². The molecule has 2 amide bonds. The molecule has 0 saturated carbocycles. The molecule has 1 atom stereocenters. The summed E-state index contributed by atoms with van der Waals surface area (Å²) >= 11 is 4.55. The Bertz CT molecular complexity index is 904. The molecule has 0 spiro atoms. The van der Waals surface area contributed by atoms with E-state index < -0.39 is 11.8 Å². The van der Waals surface area contributed by atoms with E-state index in [1.807, 2.05) is 0 Å². The number of aliphatic imine (C=N–C) groups is 1. The second kappa shape index (κ2) is 10.1. The summed E-state index contributed by atoms with van der Waals surface area (Å²) in [6, 6.07) is 13.3. The van der Waals surface area contributed by atoms with E-state index in [0.717, 1.165) is 0 Å². The maximum absolute atomic E-state index is 12.5. The van der Waals surface area contributed by atoms with E-state index in [2.05, 4.69) is 27.7 Å². The Hall–Kier alpha value is -3.35. The average molecular weight is 397 g/mol. The SMILES string of the molecule is CC(COc1ccc(C(=O)c2ccc(N=C=S)cc2)cc1)C(=O)NCC(N)=O. The average Bonchev–Trinajstić information content (AvgIpc) is 2.71. The van der Waals surface area contributed by atoms with Crippen molar-refractivity contribution in [1.29, 1.82) is 0 Å². The molecule has 0 radical (unpaired) electrons. The van der Waals surface area contributed by atoms with Gasteiger partial charge in [0.15, 0.2) is 5.78 Å². The fourth-order valence-corrected chi connectivity index (χ4v) is 2.36. The lowest BCUT2D eigenvalue weighted by atomic mass is 10.0. The predicted octanol–water partition coefficient (Wildman–Crippen LogP) is 2.27. The van der Waals surface area contributed by atoms with Gasteiger partial charge in [-0.25, -0.2) is 0 Å². The summed E-state index contributed by atoms with van der Waals surface area (Å²) in [5.41, 5.74) is 6.64. The smallest absolute Gasteiger partial charge is 0.236 e. The topological polar surface area (TPSA) is 111 Å². The minimum absolute atomic E-state index is 0.125. The van der Waals surface area contributed by atoms with Crippen molar-refractivity contribution in [2.75, 3.05) is 13.2 Å². The number of thiocarbonyl (C=S) groups is 1. The van der Waals surface area contributed by atoms with Crippen LogP contribution < -0.4 is 15.8 Å². The summed E-state index contributed by atoms with van der Waals surface area (Å²) < 4.78 is 5.56. The maximum Gasteiger partial charge on any atom is 0.236 e. The van der Waals surface area contributed by atoms with Crippen molar-refractivity contribution in [2.24, 2.45) is 16.6 Å².